The summed E-state index contributed by atoms with van der Waals surface area (Å²) in [6, 6.07) is 6.65. The Morgan fingerprint density at radius 3 is 2.55 bits per heavy atom. The van der Waals surface area contributed by atoms with Crippen molar-refractivity contribution in [2.24, 2.45) is 0 Å². The lowest BCUT2D eigenvalue weighted by molar-refractivity contribution is -0.137. The van der Waals surface area contributed by atoms with Gasteiger partial charge in [0, 0.05) is 12.1 Å². The molecule has 2 N–H and O–H groups in total. The molecule has 2 aromatic carbocycles. The van der Waals surface area contributed by atoms with Gasteiger partial charge in [0.05, 0.1) is 27.2 Å². The molecule has 4 rings (SSSR count). The fourth-order valence-corrected chi connectivity index (χ4v) is 4.69. The van der Waals surface area contributed by atoms with E-state index >= 15 is 0 Å². The monoisotopic (exact) mass is 473 g/mol. The van der Waals surface area contributed by atoms with E-state index in [2.05, 4.69) is 10.3 Å². The lowest BCUT2D eigenvalue weighted by Gasteiger charge is -2.17. The molecule has 0 saturated carbocycles. The largest absolute Gasteiger partial charge is 0.486 e. The summed E-state index contributed by atoms with van der Waals surface area (Å²) < 4.78 is 76.6. The fraction of sp³-hybridized carbons (Fsp3) is 0.222. The van der Waals surface area contributed by atoms with E-state index in [4.69, 9.17) is 9.47 Å². The van der Waals surface area contributed by atoms with Crippen molar-refractivity contribution in [1.29, 1.82) is 0 Å². The van der Waals surface area contributed by atoms with E-state index in [1.165, 1.54) is 0 Å². The van der Waals surface area contributed by atoms with E-state index in [-0.39, 0.29) is 5.13 Å². The number of thiazole rings is 1. The maximum Gasteiger partial charge on any atom is 0.416 e. The third-order valence-electron chi connectivity index (χ3n) is 4.19. The van der Waals surface area contributed by atoms with E-state index < -0.39 is 39.1 Å². The molecule has 8 nitrogen and oxygen atoms in total. The number of hydrogen-bond donors (Lipinski definition) is 2. The molecule has 164 valence electrons. The fourth-order valence-electron chi connectivity index (χ4n) is 2.77. The quantitative estimate of drug-likeness (QED) is 0.590. The lowest BCUT2D eigenvalue weighted by atomic mass is 10.2. The van der Waals surface area contributed by atoms with Gasteiger partial charge >= 0.3 is 6.18 Å². The number of benzene rings is 2. The molecule has 2 heterocycles. The highest BCUT2D eigenvalue weighted by Crippen LogP contribution is 2.37. The molecule has 1 aromatic heterocycles. The number of amides is 1. The third-order valence-corrected chi connectivity index (χ3v) is 6.53. The zero-order chi connectivity index (χ0) is 22.2. The van der Waals surface area contributed by atoms with Crippen LogP contribution in [0.2, 0.25) is 0 Å². The second-order valence-corrected chi connectivity index (χ2v) is 9.18. The lowest BCUT2D eigenvalue weighted by Crippen LogP contribution is -2.33. The van der Waals surface area contributed by atoms with Gasteiger partial charge in [-0.25, -0.2) is 18.1 Å². The van der Waals surface area contributed by atoms with Crippen molar-refractivity contribution >= 4 is 42.6 Å². The smallest absolute Gasteiger partial charge is 0.416 e. The Kier molecular flexibility index (Phi) is 5.49. The topological polar surface area (TPSA) is 107 Å². The molecule has 0 unspecified atom stereocenters. The normalized spacial score (nSPS) is 13.9. The van der Waals surface area contributed by atoms with Gasteiger partial charge in [-0.3, -0.25) is 4.79 Å². The zero-order valence-corrected chi connectivity index (χ0v) is 17.2. The van der Waals surface area contributed by atoms with Gasteiger partial charge in [-0.15, -0.1) is 0 Å². The van der Waals surface area contributed by atoms with E-state index in [0.717, 1.165) is 34.2 Å². The summed E-state index contributed by atoms with van der Waals surface area (Å²) in [6.45, 7) is 0.155. The Hall–Kier alpha value is -2.90. The zero-order valence-electron chi connectivity index (χ0n) is 15.5. The van der Waals surface area contributed by atoms with Crippen LogP contribution < -0.4 is 19.5 Å². The molecule has 0 radical (unpaired) electrons. The number of sulfonamides is 1. The summed E-state index contributed by atoms with van der Waals surface area (Å²) in [6.07, 6.45) is -4.69. The van der Waals surface area contributed by atoms with E-state index in [9.17, 15) is 26.4 Å². The molecule has 0 atom stereocenters. The van der Waals surface area contributed by atoms with Crippen LogP contribution in [0.5, 0.6) is 11.5 Å². The van der Waals surface area contributed by atoms with Crippen LogP contribution in [0.4, 0.5) is 18.3 Å². The molecule has 0 saturated heterocycles. The van der Waals surface area contributed by atoms with Crippen LogP contribution in [0.25, 0.3) is 10.2 Å². The summed E-state index contributed by atoms with van der Waals surface area (Å²) in [5.41, 5.74) is -0.543. The number of hydrogen-bond acceptors (Lipinski definition) is 7. The first-order chi connectivity index (χ1) is 14.6. The van der Waals surface area contributed by atoms with E-state index in [1.54, 1.807) is 12.1 Å². The van der Waals surface area contributed by atoms with Crippen molar-refractivity contribution < 1.29 is 35.9 Å². The van der Waals surface area contributed by atoms with Gasteiger partial charge in [-0.2, -0.15) is 13.2 Å². The van der Waals surface area contributed by atoms with Crippen LogP contribution in [-0.2, 0) is 21.0 Å². The van der Waals surface area contributed by atoms with Gasteiger partial charge in [0.1, 0.15) is 13.2 Å². The predicted molar refractivity (Wildman–Crippen MR) is 106 cm³/mol. The SMILES string of the molecule is O=C(CNS(=O)(=O)c1cccc(C(F)(F)F)c1)Nc1nc2cc3c(cc2s1)OCCO3. The molecular formula is C18H14F3N3O5S2. The number of carbonyl (C=O) groups excluding carboxylic acids is 1. The number of nitrogens with one attached hydrogen (secondary N) is 2. The molecule has 13 heteroatoms. The number of rotatable bonds is 5. The highest BCUT2D eigenvalue weighted by atomic mass is 32.2. The molecule has 1 aliphatic heterocycles. The van der Waals surface area contributed by atoms with Crippen LogP contribution in [0.15, 0.2) is 41.3 Å². The second-order valence-electron chi connectivity index (χ2n) is 6.38. The standard InChI is InChI=1S/C18H14F3N3O5S2/c19-18(20,21)10-2-1-3-11(6-10)31(26,27)22-9-16(25)24-17-23-12-7-13-14(8-15(12)30-17)29-5-4-28-13/h1-3,6-8,22H,4-5,9H2,(H,23,24,25). The Labute approximate surface area is 178 Å². The van der Waals surface area contributed by atoms with Crippen LogP contribution in [0.1, 0.15) is 5.56 Å². The molecule has 31 heavy (non-hydrogen) atoms. The van der Waals surface area contributed by atoms with Crippen LogP contribution >= 0.6 is 11.3 Å². The van der Waals surface area contributed by atoms with Crippen molar-refractivity contribution in [3.8, 4) is 11.5 Å². The maximum atomic E-state index is 12.8. The molecule has 0 fully saturated rings. The molecular weight excluding hydrogens is 459 g/mol. The highest BCUT2D eigenvalue weighted by molar-refractivity contribution is 7.89. The van der Waals surface area contributed by atoms with Gasteiger partial charge in [0.25, 0.3) is 0 Å². The van der Waals surface area contributed by atoms with E-state index in [1.807, 2.05) is 4.72 Å². The van der Waals surface area contributed by atoms with E-state index in [0.29, 0.717) is 36.3 Å². The summed E-state index contributed by atoms with van der Waals surface area (Å²) in [4.78, 5) is 15.8. The first-order valence-electron chi connectivity index (χ1n) is 8.79. The highest BCUT2D eigenvalue weighted by Gasteiger charge is 2.31. The summed E-state index contributed by atoms with van der Waals surface area (Å²) in [5, 5.41) is 2.68. The van der Waals surface area contributed by atoms with Crippen molar-refractivity contribution in [3.63, 3.8) is 0 Å². The first-order valence-corrected chi connectivity index (χ1v) is 11.1. The van der Waals surface area contributed by atoms with Crippen molar-refractivity contribution in [1.82, 2.24) is 9.71 Å². The van der Waals surface area contributed by atoms with Crippen molar-refractivity contribution in [2.75, 3.05) is 25.1 Å². The summed E-state index contributed by atoms with van der Waals surface area (Å²) >= 11 is 1.15. The number of alkyl halides is 3. The number of halogens is 3. The number of anilines is 1. The Morgan fingerprint density at radius 2 is 1.84 bits per heavy atom. The van der Waals surface area contributed by atoms with Crippen LogP contribution in [0, 0.1) is 0 Å². The third kappa shape index (κ3) is 4.73. The average molecular weight is 473 g/mol. The Morgan fingerprint density at radius 1 is 1.13 bits per heavy atom. The summed E-state index contributed by atoms with van der Waals surface area (Å²) in [5.74, 6) is 0.372. The van der Waals surface area contributed by atoms with Crippen LogP contribution in [-0.4, -0.2) is 39.1 Å². The van der Waals surface area contributed by atoms with Gasteiger partial charge in [0.2, 0.25) is 15.9 Å². The van der Waals surface area contributed by atoms with Gasteiger partial charge in [0.15, 0.2) is 16.6 Å². The first kappa shape index (κ1) is 21.3. The molecule has 0 spiro atoms. The number of nitrogens with zero attached hydrogens (tertiary/aromatic N) is 1. The molecule has 1 amide bonds. The van der Waals surface area contributed by atoms with Crippen molar-refractivity contribution in [3.05, 3.63) is 42.0 Å². The Bertz CT molecular complexity index is 1220. The minimum Gasteiger partial charge on any atom is -0.486 e. The number of ether oxygens (including phenoxy) is 2. The van der Waals surface area contributed by atoms with Crippen molar-refractivity contribution in [2.45, 2.75) is 11.1 Å². The molecule has 3 aromatic rings. The molecule has 0 aliphatic carbocycles. The Balaban J connectivity index is 1.43. The maximum absolute atomic E-state index is 12.8. The van der Waals surface area contributed by atoms with Gasteiger partial charge < -0.3 is 14.8 Å². The van der Waals surface area contributed by atoms with Gasteiger partial charge in [-0.05, 0) is 18.2 Å². The predicted octanol–water partition coefficient (Wildman–Crippen LogP) is 3.00. The minimum atomic E-state index is -4.69. The number of aromatic nitrogens is 1. The molecule has 0 bridgehead atoms. The average Bonchev–Trinajstić information content (AvgIpc) is 3.11. The minimum absolute atomic E-state index is 0.223. The second kappa shape index (κ2) is 7.98. The summed E-state index contributed by atoms with van der Waals surface area (Å²) in [7, 11) is -4.33. The number of fused-ring (bicyclic) bond motifs is 2. The molecule has 1 aliphatic rings. The van der Waals surface area contributed by atoms with Gasteiger partial charge in [-0.1, -0.05) is 17.4 Å². The number of carbonyl (C=O) groups is 1. The van der Waals surface area contributed by atoms with Crippen LogP contribution in [0.3, 0.4) is 0 Å².